The van der Waals surface area contributed by atoms with E-state index >= 15 is 0 Å². The summed E-state index contributed by atoms with van der Waals surface area (Å²) >= 11 is 0. The second-order valence-electron chi connectivity index (χ2n) is 5.42. The zero-order chi connectivity index (χ0) is 15.3. The predicted molar refractivity (Wildman–Crippen MR) is 88.0 cm³/mol. The molecule has 0 aliphatic rings. The Hall–Kier alpha value is -2.81. The molecular formula is C19H14O3. The summed E-state index contributed by atoms with van der Waals surface area (Å²) in [5.41, 5.74) is 0. The van der Waals surface area contributed by atoms with E-state index in [1.54, 1.807) is 7.11 Å². The molecule has 0 radical (unpaired) electrons. The van der Waals surface area contributed by atoms with E-state index in [1.807, 2.05) is 24.3 Å². The molecule has 4 aromatic carbocycles. The van der Waals surface area contributed by atoms with Crippen molar-refractivity contribution in [3.8, 4) is 11.5 Å². The van der Waals surface area contributed by atoms with Crippen LogP contribution in [0.25, 0.3) is 32.3 Å². The zero-order valence-electron chi connectivity index (χ0n) is 12.3. The third kappa shape index (κ3) is 1.86. The van der Waals surface area contributed by atoms with E-state index in [-0.39, 0.29) is 5.97 Å². The fraction of sp³-hybridized carbons (Fsp3) is 0.105. The van der Waals surface area contributed by atoms with E-state index in [9.17, 15) is 4.79 Å². The standard InChI is InChI=1S/C19H14O3/c1-11(20)22-17-9-14-5-3-12-7-16(21-2)8-13-4-6-15(10-17)19(14)18(12)13/h3-10H,1-2H3. The Labute approximate surface area is 127 Å². The van der Waals surface area contributed by atoms with Crippen LogP contribution in [0.3, 0.4) is 0 Å². The summed E-state index contributed by atoms with van der Waals surface area (Å²) in [5, 5.41) is 6.83. The number of carbonyl (C=O) groups is 1. The molecule has 0 heterocycles. The van der Waals surface area contributed by atoms with E-state index in [4.69, 9.17) is 9.47 Å². The molecule has 0 unspecified atom stereocenters. The average molecular weight is 290 g/mol. The lowest BCUT2D eigenvalue weighted by molar-refractivity contribution is -0.131. The highest BCUT2D eigenvalue weighted by atomic mass is 16.5. The first-order valence-corrected chi connectivity index (χ1v) is 7.11. The van der Waals surface area contributed by atoms with Gasteiger partial charge in [-0.2, -0.15) is 0 Å². The largest absolute Gasteiger partial charge is 0.497 e. The van der Waals surface area contributed by atoms with Crippen LogP contribution >= 0.6 is 0 Å². The Morgan fingerprint density at radius 3 is 1.55 bits per heavy atom. The summed E-state index contributed by atoms with van der Waals surface area (Å²) in [6, 6.07) is 16.2. The van der Waals surface area contributed by atoms with Crippen LogP contribution in [0.15, 0.2) is 48.5 Å². The van der Waals surface area contributed by atoms with Gasteiger partial charge in [-0.3, -0.25) is 4.79 Å². The van der Waals surface area contributed by atoms with Gasteiger partial charge < -0.3 is 9.47 Å². The topological polar surface area (TPSA) is 35.5 Å². The fourth-order valence-electron chi connectivity index (χ4n) is 3.12. The van der Waals surface area contributed by atoms with Gasteiger partial charge in [-0.05, 0) is 56.6 Å². The lowest BCUT2D eigenvalue weighted by Crippen LogP contribution is -2.01. The van der Waals surface area contributed by atoms with Gasteiger partial charge in [-0.15, -0.1) is 0 Å². The highest BCUT2D eigenvalue weighted by molar-refractivity contribution is 6.23. The first kappa shape index (κ1) is 12.9. The molecule has 0 amide bonds. The number of benzene rings is 4. The smallest absolute Gasteiger partial charge is 0.308 e. The van der Waals surface area contributed by atoms with Crippen molar-refractivity contribution in [1.29, 1.82) is 0 Å². The summed E-state index contributed by atoms with van der Waals surface area (Å²) in [6.07, 6.45) is 0. The Kier molecular flexibility index (Phi) is 2.70. The molecule has 0 aliphatic heterocycles. The highest BCUT2D eigenvalue weighted by Crippen LogP contribution is 2.38. The minimum atomic E-state index is -0.308. The van der Waals surface area contributed by atoms with E-state index in [0.29, 0.717) is 5.75 Å². The summed E-state index contributed by atoms with van der Waals surface area (Å²) in [4.78, 5) is 11.2. The molecule has 0 fully saturated rings. The van der Waals surface area contributed by atoms with E-state index < -0.39 is 0 Å². The van der Waals surface area contributed by atoms with Crippen LogP contribution in [-0.4, -0.2) is 13.1 Å². The van der Waals surface area contributed by atoms with Crippen molar-refractivity contribution in [3.05, 3.63) is 48.5 Å². The SMILES string of the molecule is COc1cc2ccc3cc(OC(C)=O)cc4ccc(c1)c2c34. The van der Waals surface area contributed by atoms with Gasteiger partial charge in [0, 0.05) is 6.92 Å². The van der Waals surface area contributed by atoms with Crippen LogP contribution in [0.1, 0.15) is 6.92 Å². The van der Waals surface area contributed by atoms with Crippen molar-refractivity contribution in [3.63, 3.8) is 0 Å². The maximum Gasteiger partial charge on any atom is 0.308 e. The Balaban J connectivity index is 2.11. The maximum absolute atomic E-state index is 11.2. The molecule has 4 rings (SSSR count). The molecule has 0 spiro atoms. The minimum absolute atomic E-state index is 0.308. The molecule has 0 saturated carbocycles. The summed E-state index contributed by atoms with van der Waals surface area (Å²) in [7, 11) is 1.68. The number of hydrogen-bond acceptors (Lipinski definition) is 3. The molecular weight excluding hydrogens is 276 g/mol. The van der Waals surface area contributed by atoms with Gasteiger partial charge in [0.05, 0.1) is 7.11 Å². The average Bonchev–Trinajstić information content (AvgIpc) is 2.51. The Morgan fingerprint density at radius 1 is 0.773 bits per heavy atom. The lowest BCUT2D eigenvalue weighted by Gasteiger charge is -2.13. The van der Waals surface area contributed by atoms with Crippen molar-refractivity contribution in [2.45, 2.75) is 6.92 Å². The van der Waals surface area contributed by atoms with Crippen LogP contribution in [0.5, 0.6) is 11.5 Å². The number of methoxy groups -OCH3 is 1. The van der Waals surface area contributed by atoms with Crippen molar-refractivity contribution in [2.24, 2.45) is 0 Å². The van der Waals surface area contributed by atoms with Crippen LogP contribution in [-0.2, 0) is 4.79 Å². The molecule has 4 aromatic rings. The van der Waals surface area contributed by atoms with E-state index in [0.717, 1.165) is 27.3 Å². The lowest BCUT2D eigenvalue weighted by atomic mass is 9.94. The molecule has 0 atom stereocenters. The summed E-state index contributed by atoms with van der Waals surface area (Å²) in [6.45, 7) is 1.41. The fourth-order valence-corrected chi connectivity index (χ4v) is 3.12. The Bertz CT molecular complexity index is 951. The van der Waals surface area contributed by atoms with Crippen LogP contribution < -0.4 is 9.47 Å². The second kappa shape index (κ2) is 4.60. The first-order valence-electron chi connectivity index (χ1n) is 7.11. The van der Waals surface area contributed by atoms with Crippen molar-refractivity contribution in [2.75, 3.05) is 7.11 Å². The molecule has 22 heavy (non-hydrogen) atoms. The van der Waals surface area contributed by atoms with E-state index in [2.05, 4.69) is 24.3 Å². The molecule has 0 aliphatic carbocycles. The quantitative estimate of drug-likeness (QED) is 0.309. The first-order chi connectivity index (χ1) is 10.7. The van der Waals surface area contributed by atoms with Crippen LogP contribution in [0.2, 0.25) is 0 Å². The van der Waals surface area contributed by atoms with Crippen LogP contribution in [0, 0.1) is 0 Å². The molecule has 0 N–H and O–H groups in total. The maximum atomic E-state index is 11.2. The summed E-state index contributed by atoms with van der Waals surface area (Å²) < 4.78 is 10.6. The monoisotopic (exact) mass is 290 g/mol. The van der Waals surface area contributed by atoms with Gasteiger partial charge >= 0.3 is 5.97 Å². The molecule has 108 valence electrons. The number of carbonyl (C=O) groups excluding carboxylic acids is 1. The molecule has 3 heteroatoms. The van der Waals surface area contributed by atoms with Gasteiger partial charge in [0.2, 0.25) is 0 Å². The highest BCUT2D eigenvalue weighted by Gasteiger charge is 2.11. The van der Waals surface area contributed by atoms with Gasteiger partial charge in [-0.1, -0.05) is 24.3 Å². The third-order valence-electron chi connectivity index (χ3n) is 3.98. The number of hydrogen-bond donors (Lipinski definition) is 0. The molecule has 0 bridgehead atoms. The Morgan fingerprint density at radius 2 is 1.18 bits per heavy atom. The van der Waals surface area contributed by atoms with Gasteiger partial charge in [0.25, 0.3) is 0 Å². The van der Waals surface area contributed by atoms with Gasteiger partial charge in [0.15, 0.2) is 0 Å². The third-order valence-corrected chi connectivity index (χ3v) is 3.98. The summed E-state index contributed by atoms with van der Waals surface area (Å²) in [5.74, 6) is 1.12. The predicted octanol–water partition coefficient (Wildman–Crippen LogP) is 4.52. The number of esters is 1. The minimum Gasteiger partial charge on any atom is -0.497 e. The van der Waals surface area contributed by atoms with Crippen LogP contribution in [0.4, 0.5) is 0 Å². The normalized spacial score (nSPS) is 11.4. The zero-order valence-corrected chi connectivity index (χ0v) is 12.3. The molecule has 0 aromatic heterocycles. The number of rotatable bonds is 2. The van der Waals surface area contributed by atoms with Crippen molar-refractivity contribution < 1.29 is 14.3 Å². The number of ether oxygens (including phenoxy) is 2. The second-order valence-corrected chi connectivity index (χ2v) is 5.42. The molecule has 3 nitrogen and oxygen atoms in total. The van der Waals surface area contributed by atoms with Crippen molar-refractivity contribution >= 4 is 38.3 Å². The molecule has 0 saturated heterocycles. The van der Waals surface area contributed by atoms with E-state index in [1.165, 1.54) is 17.7 Å². The van der Waals surface area contributed by atoms with Gasteiger partial charge in [0.1, 0.15) is 11.5 Å². The van der Waals surface area contributed by atoms with Crippen molar-refractivity contribution in [1.82, 2.24) is 0 Å². The van der Waals surface area contributed by atoms with Gasteiger partial charge in [-0.25, -0.2) is 0 Å².